The average Bonchev–Trinajstić information content (AvgIpc) is 2.50. The zero-order chi connectivity index (χ0) is 15.1. The molecule has 0 amide bonds. The molecule has 20 heavy (non-hydrogen) atoms. The minimum atomic E-state index is -3.30. The quantitative estimate of drug-likeness (QED) is 0.896. The van der Waals surface area contributed by atoms with Gasteiger partial charge in [-0.2, -0.15) is 0 Å². The van der Waals surface area contributed by atoms with E-state index in [-0.39, 0.29) is 0 Å². The van der Waals surface area contributed by atoms with E-state index >= 15 is 0 Å². The highest BCUT2D eigenvalue weighted by molar-refractivity contribution is 7.88. The van der Waals surface area contributed by atoms with Gasteiger partial charge in [-0.25, -0.2) is 18.1 Å². The van der Waals surface area contributed by atoms with Crippen LogP contribution >= 0.6 is 11.6 Å². The molecular formula is C12H17ClN4O2S. The van der Waals surface area contributed by atoms with Gasteiger partial charge >= 0.3 is 0 Å². The van der Waals surface area contributed by atoms with E-state index in [2.05, 4.69) is 9.71 Å². The average molecular weight is 317 g/mol. The standard InChI is InChI=1S/C12H17ClN4O2S/c1-12(2,16-20(3,18)19)7-17-10-5-4-8(13)6-9(10)15-11(17)14/h4-6,16H,7H2,1-3H3,(H2,14,15). The number of benzene rings is 1. The van der Waals surface area contributed by atoms with E-state index in [1.165, 1.54) is 0 Å². The summed E-state index contributed by atoms with van der Waals surface area (Å²) >= 11 is 5.92. The van der Waals surface area contributed by atoms with E-state index in [4.69, 9.17) is 17.3 Å². The number of halogens is 1. The fourth-order valence-corrected chi connectivity index (χ4v) is 3.45. The van der Waals surface area contributed by atoms with Crippen molar-refractivity contribution in [3.63, 3.8) is 0 Å². The Morgan fingerprint density at radius 2 is 2.10 bits per heavy atom. The van der Waals surface area contributed by atoms with Crippen molar-refractivity contribution in [3.05, 3.63) is 23.2 Å². The van der Waals surface area contributed by atoms with Gasteiger partial charge in [-0.15, -0.1) is 0 Å². The third kappa shape index (κ3) is 3.41. The van der Waals surface area contributed by atoms with Crippen molar-refractivity contribution in [3.8, 4) is 0 Å². The van der Waals surface area contributed by atoms with Crippen LogP contribution in [0.4, 0.5) is 5.95 Å². The summed E-state index contributed by atoms with van der Waals surface area (Å²) < 4.78 is 27.1. The first-order valence-electron chi connectivity index (χ1n) is 5.98. The number of nitrogens with one attached hydrogen (secondary N) is 1. The van der Waals surface area contributed by atoms with Crippen LogP contribution in [0.1, 0.15) is 13.8 Å². The fourth-order valence-electron chi connectivity index (χ4n) is 2.22. The molecule has 3 N–H and O–H groups in total. The number of fused-ring (bicyclic) bond motifs is 1. The van der Waals surface area contributed by atoms with Crippen LogP contribution in [0.2, 0.25) is 5.02 Å². The van der Waals surface area contributed by atoms with Crippen molar-refractivity contribution >= 4 is 38.6 Å². The van der Waals surface area contributed by atoms with Crippen LogP contribution in [-0.4, -0.2) is 29.8 Å². The van der Waals surface area contributed by atoms with Gasteiger partial charge in [0.05, 0.1) is 17.3 Å². The number of anilines is 1. The van der Waals surface area contributed by atoms with Crippen molar-refractivity contribution in [2.24, 2.45) is 0 Å². The highest BCUT2D eigenvalue weighted by atomic mass is 35.5. The highest BCUT2D eigenvalue weighted by Crippen LogP contribution is 2.23. The Kier molecular flexibility index (Phi) is 3.70. The predicted octanol–water partition coefficient (Wildman–Crippen LogP) is 1.60. The number of hydrogen-bond acceptors (Lipinski definition) is 4. The van der Waals surface area contributed by atoms with Crippen LogP contribution in [0.3, 0.4) is 0 Å². The molecule has 0 spiro atoms. The largest absolute Gasteiger partial charge is 0.369 e. The third-order valence-corrected chi connectivity index (χ3v) is 3.91. The van der Waals surface area contributed by atoms with Crippen molar-refractivity contribution in [1.29, 1.82) is 0 Å². The first-order valence-corrected chi connectivity index (χ1v) is 8.24. The molecule has 1 aromatic heterocycles. The lowest BCUT2D eigenvalue weighted by molar-refractivity contribution is 0.398. The molecule has 2 aromatic rings. The van der Waals surface area contributed by atoms with E-state index in [0.717, 1.165) is 11.8 Å². The number of imidazole rings is 1. The van der Waals surface area contributed by atoms with Gasteiger partial charge in [-0.05, 0) is 32.0 Å². The van der Waals surface area contributed by atoms with Crippen molar-refractivity contribution in [2.45, 2.75) is 25.9 Å². The second kappa shape index (κ2) is 4.91. The zero-order valence-corrected chi connectivity index (χ0v) is 13.1. The molecule has 0 fully saturated rings. The Labute approximate surface area is 123 Å². The molecule has 0 saturated heterocycles. The molecule has 0 aliphatic rings. The van der Waals surface area contributed by atoms with Crippen LogP contribution in [0.25, 0.3) is 11.0 Å². The van der Waals surface area contributed by atoms with Gasteiger partial charge in [-0.1, -0.05) is 11.6 Å². The second-order valence-corrected chi connectivity index (χ2v) is 7.63. The number of rotatable bonds is 4. The molecule has 1 heterocycles. The minimum absolute atomic E-state index is 0.325. The molecule has 0 atom stereocenters. The van der Waals surface area contributed by atoms with Gasteiger partial charge in [0, 0.05) is 17.1 Å². The van der Waals surface area contributed by atoms with Crippen LogP contribution < -0.4 is 10.5 Å². The Balaban J connectivity index is 2.41. The number of aromatic nitrogens is 2. The fraction of sp³-hybridized carbons (Fsp3) is 0.417. The summed E-state index contributed by atoms with van der Waals surface area (Å²) in [7, 11) is -3.30. The van der Waals surface area contributed by atoms with Crippen LogP contribution in [0, 0.1) is 0 Å². The lowest BCUT2D eigenvalue weighted by atomic mass is 10.1. The molecule has 0 bridgehead atoms. The molecular weight excluding hydrogens is 300 g/mol. The monoisotopic (exact) mass is 316 g/mol. The number of nitrogens with two attached hydrogens (primary N) is 1. The normalized spacial score (nSPS) is 13.0. The third-order valence-electron chi connectivity index (χ3n) is 2.75. The maximum Gasteiger partial charge on any atom is 0.209 e. The van der Waals surface area contributed by atoms with Gasteiger partial charge in [0.1, 0.15) is 0 Å². The van der Waals surface area contributed by atoms with Gasteiger partial charge in [0.25, 0.3) is 0 Å². The Morgan fingerprint density at radius 3 is 2.70 bits per heavy atom. The highest BCUT2D eigenvalue weighted by Gasteiger charge is 2.24. The van der Waals surface area contributed by atoms with E-state index in [0.29, 0.717) is 23.0 Å². The number of sulfonamides is 1. The van der Waals surface area contributed by atoms with Crippen molar-refractivity contribution in [1.82, 2.24) is 14.3 Å². The van der Waals surface area contributed by atoms with Gasteiger partial charge in [0.2, 0.25) is 16.0 Å². The summed E-state index contributed by atoms with van der Waals surface area (Å²) in [4.78, 5) is 4.23. The summed E-state index contributed by atoms with van der Waals surface area (Å²) in [5.74, 6) is 0.325. The lowest BCUT2D eigenvalue weighted by Gasteiger charge is -2.26. The van der Waals surface area contributed by atoms with E-state index in [1.54, 1.807) is 30.5 Å². The number of nitrogen functional groups attached to an aromatic ring is 1. The molecule has 0 aliphatic heterocycles. The molecule has 6 nitrogen and oxygen atoms in total. The van der Waals surface area contributed by atoms with E-state index in [9.17, 15) is 8.42 Å². The van der Waals surface area contributed by atoms with Gasteiger partial charge in [0.15, 0.2) is 0 Å². The number of hydrogen-bond donors (Lipinski definition) is 2. The SMILES string of the molecule is CC(C)(Cn1c(N)nc2cc(Cl)ccc21)NS(C)(=O)=O. The first kappa shape index (κ1) is 15.1. The van der Waals surface area contributed by atoms with Crippen LogP contribution in [-0.2, 0) is 16.6 Å². The molecule has 1 aromatic carbocycles. The predicted molar refractivity (Wildman–Crippen MR) is 81.2 cm³/mol. The topological polar surface area (TPSA) is 90.0 Å². The maximum absolute atomic E-state index is 11.4. The molecule has 0 unspecified atom stereocenters. The Morgan fingerprint density at radius 1 is 1.45 bits per heavy atom. The Hall–Kier alpha value is -1.31. The first-order chi connectivity index (χ1) is 9.07. The van der Waals surface area contributed by atoms with Crippen LogP contribution in [0.5, 0.6) is 0 Å². The molecule has 8 heteroatoms. The van der Waals surface area contributed by atoms with Gasteiger partial charge in [-0.3, -0.25) is 0 Å². The van der Waals surface area contributed by atoms with Crippen LogP contribution in [0.15, 0.2) is 18.2 Å². The Bertz CT molecular complexity index is 752. The summed E-state index contributed by atoms with van der Waals surface area (Å²) in [6, 6.07) is 5.29. The number of nitrogens with zero attached hydrogens (tertiary/aromatic N) is 2. The minimum Gasteiger partial charge on any atom is -0.369 e. The second-order valence-electron chi connectivity index (χ2n) is 5.45. The van der Waals surface area contributed by atoms with E-state index in [1.807, 2.05) is 6.07 Å². The molecule has 0 aliphatic carbocycles. The van der Waals surface area contributed by atoms with E-state index < -0.39 is 15.6 Å². The summed E-state index contributed by atoms with van der Waals surface area (Å²) in [5, 5.41) is 0.579. The van der Waals surface area contributed by atoms with Crippen molar-refractivity contribution in [2.75, 3.05) is 12.0 Å². The summed E-state index contributed by atoms with van der Waals surface area (Å²) in [6.45, 7) is 3.94. The molecule has 110 valence electrons. The van der Waals surface area contributed by atoms with Crippen molar-refractivity contribution < 1.29 is 8.42 Å². The zero-order valence-electron chi connectivity index (χ0n) is 11.5. The molecule has 0 saturated carbocycles. The van der Waals surface area contributed by atoms with Gasteiger partial charge < -0.3 is 10.3 Å². The molecule has 2 rings (SSSR count). The maximum atomic E-state index is 11.4. The summed E-state index contributed by atoms with van der Waals surface area (Å²) in [6.07, 6.45) is 1.13. The lowest BCUT2D eigenvalue weighted by Crippen LogP contribution is -2.46. The smallest absolute Gasteiger partial charge is 0.209 e. The summed E-state index contributed by atoms with van der Waals surface area (Å²) in [5.41, 5.74) is 6.72. The molecule has 0 radical (unpaired) electrons.